The van der Waals surface area contributed by atoms with Gasteiger partial charge in [-0.15, -0.1) is 0 Å². The van der Waals surface area contributed by atoms with Crippen molar-refractivity contribution in [1.82, 2.24) is 29.8 Å². The number of amides is 3. The van der Waals surface area contributed by atoms with E-state index in [0.717, 1.165) is 12.0 Å². The molecule has 1 saturated heterocycles. The molecule has 3 amide bonds. The third kappa shape index (κ3) is 7.28. The van der Waals surface area contributed by atoms with Crippen LogP contribution in [0.25, 0.3) is 5.65 Å². The average molecular weight is 567 g/mol. The number of fused-ring (bicyclic) bond motifs is 1. The van der Waals surface area contributed by atoms with Crippen LogP contribution in [0.4, 0.5) is 4.39 Å². The first-order valence-electron chi connectivity index (χ1n) is 14.0. The molecule has 2 aromatic heterocycles. The van der Waals surface area contributed by atoms with Crippen molar-refractivity contribution in [2.75, 3.05) is 33.8 Å². The van der Waals surface area contributed by atoms with Gasteiger partial charge >= 0.3 is 0 Å². The summed E-state index contributed by atoms with van der Waals surface area (Å²) in [6.07, 6.45) is 4.99. The molecule has 1 aliphatic heterocycles. The highest BCUT2D eigenvalue weighted by Crippen LogP contribution is 2.22. The molecular weight excluding hydrogens is 527 g/mol. The van der Waals surface area contributed by atoms with Gasteiger partial charge in [0, 0.05) is 45.2 Å². The fourth-order valence-electron chi connectivity index (χ4n) is 5.06. The van der Waals surface area contributed by atoms with Crippen LogP contribution in [0.15, 0.2) is 54.9 Å². The van der Waals surface area contributed by atoms with Crippen molar-refractivity contribution >= 4 is 23.4 Å². The van der Waals surface area contributed by atoms with Crippen molar-refractivity contribution in [3.05, 3.63) is 71.9 Å². The summed E-state index contributed by atoms with van der Waals surface area (Å²) in [6.45, 7) is 4.65. The summed E-state index contributed by atoms with van der Waals surface area (Å²) in [7, 11) is 3.18. The molecule has 11 heteroatoms. The van der Waals surface area contributed by atoms with Crippen LogP contribution in [0.3, 0.4) is 0 Å². The average Bonchev–Trinajstić information content (AvgIpc) is 3.64. The Morgan fingerprint density at radius 3 is 2.61 bits per heavy atom. The number of hydrogen-bond acceptors (Lipinski definition) is 6. The molecule has 0 aliphatic carbocycles. The van der Waals surface area contributed by atoms with E-state index >= 15 is 0 Å². The first-order chi connectivity index (χ1) is 19.7. The maximum absolute atomic E-state index is 13.8. The number of hydrogen-bond donors (Lipinski definition) is 2. The van der Waals surface area contributed by atoms with Crippen LogP contribution >= 0.6 is 0 Å². The number of methoxy groups -OCH3 is 1. The number of pyridine rings is 1. The molecule has 3 heterocycles. The Labute approximate surface area is 239 Å². The lowest BCUT2D eigenvalue weighted by Crippen LogP contribution is -2.58. The zero-order chi connectivity index (χ0) is 29.5. The van der Waals surface area contributed by atoms with E-state index in [-0.39, 0.29) is 29.6 Å². The molecule has 1 fully saturated rings. The molecule has 0 bridgehead atoms. The van der Waals surface area contributed by atoms with Gasteiger partial charge in [0.2, 0.25) is 11.8 Å². The van der Waals surface area contributed by atoms with Crippen LogP contribution < -0.4 is 10.6 Å². The number of benzene rings is 1. The summed E-state index contributed by atoms with van der Waals surface area (Å²) in [4.78, 5) is 48.3. The molecule has 2 N–H and O–H groups in total. The Morgan fingerprint density at radius 2 is 1.93 bits per heavy atom. The van der Waals surface area contributed by atoms with Gasteiger partial charge in [-0.05, 0) is 70.0 Å². The second-order valence-electron chi connectivity index (χ2n) is 10.5. The first-order valence-corrected chi connectivity index (χ1v) is 14.0. The van der Waals surface area contributed by atoms with Crippen molar-refractivity contribution in [3.8, 4) is 0 Å². The zero-order valence-electron chi connectivity index (χ0n) is 24.0. The van der Waals surface area contributed by atoms with E-state index in [1.54, 1.807) is 53.4 Å². The highest BCUT2D eigenvalue weighted by atomic mass is 19.1. The molecule has 220 valence electrons. The maximum Gasteiger partial charge on any atom is 0.274 e. The number of likely N-dealkylation sites (tertiary alicyclic amines) is 1. The van der Waals surface area contributed by atoms with Crippen LogP contribution in [0.5, 0.6) is 0 Å². The summed E-state index contributed by atoms with van der Waals surface area (Å²) < 4.78 is 20.7. The standard InChI is InChI=1S/C30H39FN6O4/c1-20(32-3)28(38)34-27(21(2)41-4)30(40)37-16-7-8-24(37)18-36(17-14-22-10-12-23(31)13-11-22)29(39)25-19-35-15-6-5-9-26(35)33-25/h5-6,9-13,15,19-21,24,27,32H,7-8,14,16-18H2,1-4H3,(H,34,38). The minimum Gasteiger partial charge on any atom is -0.379 e. The van der Waals surface area contributed by atoms with E-state index in [0.29, 0.717) is 43.8 Å². The molecule has 1 aliphatic rings. The van der Waals surface area contributed by atoms with Crippen molar-refractivity contribution in [2.45, 2.75) is 57.3 Å². The van der Waals surface area contributed by atoms with Gasteiger partial charge in [-0.25, -0.2) is 9.37 Å². The summed E-state index contributed by atoms with van der Waals surface area (Å²) >= 11 is 0. The van der Waals surface area contributed by atoms with Gasteiger partial charge in [0.05, 0.1) is 12.1 Å². The van der Waals surface area contributed by atoms with E-state index in [2.05, 4.69) is 15.6 Å². The minimum atomic E-state index is -0.870. The smallest absolute Gasteiger partial charge is 0.274 e. The van der Waals surface area contributed by atoms with Gasteiger partial charge in [0.25, 0.3) is 5.91 Å². The van der Waals surface area contributed by atoms with E-state index in [9.17, 15) is 18.8 Å². The highest BCUT2D eigenvalue weighted by molar-refractivity contribution is 5.93. The Morgan fingerprint density at radius 1 is 1.17 bits per heavy atom. The van der Waals surface area contributed by atoms with Gasteiger partial charge in [-0.2, -0.15) is 0 Å². The van der Waals surface area contributed by atoms with E-state index in [4.69, 9.17) is 4.74 Å². The zero-order valence-corrected chi connectivity index (χ0v) is 24.0. The van der Waals surface area contributed by atoms with Gasteiger partial charge in [0.1, 0.15) is 23.2 Å². The predicted octanol–water partition coefficient (Wildman–Crippen LogP) is 2.28. The normalized spacial score (nSPS) is 17.3. The topological polar surface area (TPSA) is 108 Å². The largest absolute Gasteiger partial charge is 0.379 e. The van der Waals surface area contributed by atoms with Crippen molar-refractivity contribution in [2.24, 2.45) is 0 Å². The van der Waals surface area contributed by atoms with E-state index in [1.807, 2.05) is 24.4 Å². The number of ether oxygens (including phenoxy) is 1. The van der Waals surface area contributed by atoms with Gasteiger partial charge < -0.3 is 29.6 Å². The molecule has 4 rings (SSSR count). The van der Waals surface area contributed by atoms with Crippen LogP contribution in [-0.2, 0) is 20.7 Å². The molecule has 10 nitrogen and oxygen atoms in total. The number of carbonyl (C=O) groups excluding carboxylic acids is 3. The number of nitrogens with zero attached hydrogens (tertiary/aromatic N) is 4. The lowest BCUT2D eigenvalue weighted by atomic mass is 10.1. The molecule has 4 atom stereocenters. The quantitative estimate of drug-likeness (QED) is 0.348. The summed E-state index contributed by atoms with van der Waals surface area (Å²) in [5.74, 6) is -1.10. The Kier molecular flexibility index (Phi) is 10.1. The fraction of sp³-hybridized carbons (Fsp3) is 0.467. The van der Waals surface area contributed by atoms with Crippen molar-refractivity contribution in [1.29, 1.82) is 0 Å². The lowest BCUT2D eigenvalue weighted by Gasteiger charge is -2.34. The Bertz CT molecular complexity index is 1310. The fourth-order valence-corrected chi connectivity index (χ4v) is 5.06. The number of rotatable bonds is 12. The number of likely N-dealkylation sites (N-methyl/N-ethyl adjacent to an activating group) is 1. The molecular formula is C30H39FN6O4. The Balaban J connectivity index is 1.56. The summed E-state index contributed by atoms with van der Waals surface area (Å²) in [5.41, 5.74) is 1.87. The van der Waals surface area contributed by atoms with E-state index in [1.165, 1.54) is 19.2 Å². The number of imidazole rings is 1. The molecule has 4 unspecified atom stereocenters. The number of carbonyl (C=O) groups is 3. The first kappa shape index (κ1) is 30.1. The van der Waals surface area contributed by atoms with Crippen molar-refractivity contribution < 1.29 is 23.5 Å². The van der Waals surface area contributed by atoms with Gasteiger partial charge in [-0.3, -0.25) is 14.4 Å². The third-order valence-electron chi connectivity index (χ3n) is 7.78. The Hall–Kier alpha value is -3.83. The second kappa shape index (κ2) is 13.7. The second-order valence-corrected chi connectivity index (χ2v) is 10.5. The molecule has 0 spiro atoms. The van der Waals surface area contributed by atoms with Crippen LogP contribution in [0, 0.1) is 5.82 Å². The predicted molar refractivity (Wildman–Crippen MR) is 153 cm³/mol. The highest BCUT2D eigenvalue weighted by Gasteiger charge is 2.38. The summed E-state index contributed by atoms with van der Waals surface area (Å²) in [5, 5.41) is 5.73. The lowest BCUT2D eigenvalue weighted by molar-refractivity contribution is -0.141. The van der Waals surface area contributed by atoms with E-state index < -0.39 is 18.2 Å². The van der Waals surface area contributed by atoms with Gasteiger partial charge in [0.15, 0.2) is 0 Å². The molecule has 0 saturated carbocycles. The molecule has 3 aromatic rings. The summed E-state index contributed by atoms with van der Waals surface area (Å²) in [6, 6.07) is 10.2. The molecule has 41 heavy (non-hydrogen) atoms. The third-order valence-corrected chi connectivity index (χ3v) is 7.78. The van der Waals surface area contributed by atoms with Crippen LogP contribution in [0.2, 0.25) is 0 Å². The van der Waals surface area contributed by atoms with Crippen LogP contribution in [-0.4, -0.2) is 94.9 Å². The molecule has 1 aromatic carbocycles. The van der Waals surface area contributed by atoms with Gasteiger partial charge in [-0.1, -0.05) is 18.2 Å². The number of nitrogens with one attached hydrogen (secondary N) is 2. The number of halogens is 1. The monoisotopic (exact) mass is 566 g/mol. The number of aromatic nitrogens is 2. The SMILES string of the molecule is CNC(C)C(=O)NC(C(=O)N1CCCC1CN(CCc1ccc(F)cc1)C(=O)c1cn2ccccc2n1)C(C)OC. The van der Waals surface area contributed by atoms with Crippen molar-refractivity contribution in [3.63, 3.8) is 0 Å². The van der Waals surface area contributed by atoms with Crippen LogP contribution in [0.1, 0.15) is 42.7 Å². The minimum absolute atomic E-state index is 0.239. The molecule has 0 radical (unpaired) electrons. The maximum atomic E-state index is 13.8.